The van der Waals surface area contributed by atoms with Crippen molar-refractivity contribution in [2.75, 3.05) is 20.6 Å². The Bertz CT molecular complexity index is 819. The monoisotopic (exact) mass is 373 g/mol. The van der Waals surface area contributed by atoms with E-state index in [1.165, 1.54) is 9.71 Å². The fourth-order valence-corrected chi connectivity index (χ4v) is 4.26. The van der Waals surface area contributed by atoms with Crippen molar-refractivity contribution in [3.63, 3.8) is 0 Å². The second-order valence-electron chi connectivity index (χ2n) is 5.87. The molecular weight excluding hydrogens is 350 g/mol. The molecule has 0 amide bonds. The van der Waals surface area contributed by atoms with Crippen molar-refractivity contribution in [1.29, 1.82) is 0 Å². The molecule has 0 unspecified atom stereocenters. The van der Waals surface area contributed by atoms with Crippen molar-refractivity contribution in [3.8, 4) is 0 Å². The molecule has 2 aromatic heterocycles. The third kappa shape index (κ3) is 4.76. The topological polar surface area (TPSA) is 53.4 Å². The van der Waals surface area contributed by atoms with Crippen LogP contribution in [0.2, 0.25) is 0 Å². The van der Waals surface area contributed by atoms with Crippen LogP contribution in [0.1, 0.15) is 22.1 Å². The summed E-state index contributed by atoms with van der Waals surface area (Å²) in [5.41, 5.74) is 2.19. The number of guanidine groups is 1. The summed E-state index contributed by atoms with van der Waals surface area (Å²) >= 11 is 3.47. The lowest BCUT2D eigenvalue weighted by atomic mass is 10.3. The van der Waals surface area contributed by atoms with Gasteiger partial charge in [-0.3, -0.25) is 4.99 Å². The summed E-state index contributed by atoms with van der Waals surface area (Å²) in [6.07, 6.45) is 2.01. The van der Waals surface area contributed by atoms with E-state index in [-0.39, 0.29) is 0 Å². The van der Waals surface area contributed by atoms with Crippen LogP contribution in [-0.2, 0) is 13.0 Å². The maximum atomic E-state index is 4.69. The molecule has 5 nitrogen and oxygen atoms in total. The summed E-state index contributed by atoms with van der Waals surface area (Å²) in [6, 6.07) is 8.31. The molecule has 0 aliphatic rings. The second-order valence-corrected chi connectivity index (χ2v) is 8.04. The van der Waals surface area contributed by atoms with Gasteiger partial charge in [0.25, 0.3) is 0 Å². The van der Waals surface area contributed by atoms with E-state index in [0.717, 1.165) is 48.1 Å². The van der Waals surface area contributed by atoms with Gasteiger partial charge in [0.2, 0.25) is 0 Å². The maximum Gasteiger partial charge on any atom is 0.193 e. The first-order valence-electron chi connectivity index (χ1n) is 8.33. The van der Waals surface area contributed by atoms with Crippen LogP contribution in [0.3, 0.4) is 0 Å². The molecule has 0 aliphatic heterocycles. The van der Waals surface area contributed by atoms with Crippen LogP contribution in [0, 0.1) is 6.92 Å². The van der Waals surface area contributed by atoms with Gasteiger partial charge in [-0.15, -0.1) is 22.7 Å². The Kier molecular flexibility index (Phi) is 5.99. The van der Waals surface area contributed by atoms with E-state index >= 15 is 0 Å². The highest BCUT2D eigenvalue weighted by Crippen LogP contribution is 2.22. The van der Waals surface area contributed by atoms with Crippen LogP contribution in [0.4, 0.5) is 0 Å². The number of aliphatic imine (C=N–C) groups is 1. The van der Waals surface area contributed by atoms with Crippen LogP contribution >= 0.6 is 22.7 Å². The number of thiazole rings is 2. The minimum atomic E-state index is 0.766. The highest BCUT2D eigenvalue weighted by molar-refractivity contribution is 7.18. The molecule has 0 radical (unpaired) electrons. The van der Waals surface area contributed by atoms with Gasteiger partial charge in [-0.25, -0.2) is 9.97 Å². The predicted molar refractivity (Wildman–Crippen MR) is 108 cm³/mol. The molecule has 0 fully saturated rings. The highest BCUT2D eigenvalue weighted by Gasteiger charge is 2.09. The molecule has 0 bridgehead atoms. The molecule has 1 aromatic carbocycles. The second kappa shape index (κ2) is 8.40. The fourth-order valence-electron chi connectivity index (χ4n) is 2.65. The normalized spacial score (nSPS) is 11.9. The molecule has 2 heterocycles. The lowest BCUT2D eigenvalue weighted by Gasteiger charge is -2.21. The predicted octanol–water partition coefficient (Wildman–Crippen LogP) is 3.70. The molecule has 0 saturated carbocycles. The third-order valence-corrected chi connectivity index (χ3v) is 5.75. The van der Waals surface area contributed by atoms with Gasteiger partial charge in [0.1, 0.15) is 0 Å². The number of hydrogen-bond acceptors (Lipinski definition) is 5. The van der Waals surface area contributed by atoms with E-state index in [2.05, 4.69) is 48.8 Å². The summed E-state index contributed by atoms with van der Waals surface area (Å²) in [4.78, 5) is 15.7. The molecule has 25 heavy (non-hydrogen) atoms. The molecule has 0 atom stereocenters. The van der Waals surface area contributed by atoms with Gasteiger partial charge in [0.05, 0.1) is 32.5 Å². The van der Waals surface area contributed by atoms with Crippen LogP contribution < -0.4 is 5.32 Å². The Labute approximate surface area is 156 Å². The van der Waals surface area contributed by atoms with Crippen molar-refractivity contribution in [3.05, 3.63) is 45.4 Å². The van der Waals surface area contributed by atoms with Gasteiger partial charge in [-0.05, 0) is 25.5 Å². The van der Waals surface area contributed by atoms with E-state index < -0.39 is 0 Å². The molecule has 3 rings (SSSR count). The largest absolute Gasteiger partial charge is 0.356 e. The minimum Gasteiger partial charge on any atom is -0.356 e. The zero-order valence-corrected chi connectivity index (χ0v) is 16.5. The van der Waals surface area contributed by atoms with Crippen LogP contribution in [-0.4, -0.2) is 41.5 Å². The van der Waals surface area contributed by atoms with Gasteiger partial charge in [0.15, 0.2) is 5.96 Å². The summed E-state index contributed by atoms with van der Waals surface area (Å²) in [6.45, 7) is 3.67. The number of benzene rings is 1. The Morgan fingerprint density at radius 2 is 2.12 bits per heavy atom. The Hall–Kier alpha value is -1.99. The van der Waals surface area contributed by atoms with E-state index in [1.807, 2.05) is 27.1 Å². The smallest absolute Gasteiger partial charge is 0.193 e. The summed E-state index contributed by atoms with van der Waals surface area (Å²) < 4.78 is 1.26. The molecule has 0 saturated heterocycles. The molecular formula is C18H23N5S2. The Balaban J connectivity index is 1.46. The molecule has 1 N–H and O–H groups in total. The van der Waals surface area contributed by atoms with Crippen molar-refractivity contribution in [2.24, 2.45) is 4.99 Å². The lowest BCUT2D eigenvalue weighted by molar-refractivity contribution is 0.470. The van der Waals surface area contributed by atoms with Crippen LogP contribution in [0.15, 0.2) is 34.6 Å². The lowest BCUT2D eigenvalue weighted by Crippen LogP contribution is -2.39. The van der Waals surface area contributed by atoms with Gasteiger partial charge in [0, 0.05) is 32.4 Å². The third-order valence-electron chi connectivity index (χ3n) is 3.83. The van der Waals surface area contributed by atoms with Gasteiger partial charge < -0.3 is 10.2 Å². The fraction of sp³-hybridized carbons (Fsp3) is 0.389. The molecule has 0 spiro atoms. The standard InChI is InChI=1S/C18H23N5S2/c1-13-21-14(12-24-13)11-23(3)18(19-2)20-10-6-9-17-22-15-7-4-5-8-16(15)25-17/h4-5,7-8,12H,6,9-11H2,1-3H3,(H,19,20). The number of rotatable bonds is 6. The number of aromatic nitrogens is 2. The van der Waals surface area contributed by atoms with Gasteiger partial charge >= 0.3 is 0 Å². The maximum absolute atomic E-state index is 4.69. The number of hydrogen-bond donors (Lipinski definition) is 1. The van der Waals surface area contributed by atoms with E-state index in [4.69, 9.17) is 0 Å². The summed E-state index contributed by atoms with van der Waals surface area (Å²) in [7, 11) is 3.86. The number of para-hydroxylation sites is 1. The number of fused-ring (bicyclic) bond motifs is 1. The average molecular weight is 374 g/mol. The Morgan fingerprint density at radius 3 is 2.84 bits per heavy atom. The van der Waals surface area contributed by atoms with Crippen LogP contribution in [0.5, 0.6) is 0 Å². The molecule has 3 aromatic rings. The first-order chi connectivity index (χ1) is 12.2. The summed E-state index contributed by atoms with van der Waals surface area (Å²) in [5.74, 6) is 0.898. The van der Waals surface area contributed by atoms with Crippen LogP contribution in [0.25, 0.3) is 10.2 Å². The van der Waals surface area contributed by atoms with Gasteiger partial charge in [-0.1, -0.05) is 12.1 Å². The summed E-state index contributed by atoms with van der Waals surface area (Å²) in [5, 5.41) is 7.83. The van der Waals surface area contributed by atoms with E-state index in [1.54, 1.807) is 22.7 Å². The molecule has 7 heteroatoms. The first kappa shape index (κ1) is 17.8. The van der Waals surface area contributed by atoms with Crippen molar-refractivity contribution >= 4 is 38.8 Å². The van der Waals surface area contributed by atoms with Gasteiger partial charge in [-0.2, -0.15) is 0 Å². The SMILES string of the molecule is CN=C(NCCCc1nc2ccccc2s1)N(C)Cc1csc(C)n1. The minimum absolute atomic E-state index is 0.766. The zero-order valence-electron chi connectivity index (χ0n) is 14.8. The highest BCUT2D eigenvalue weighted by atomic mass is 32.1. The number of aryl methyl sites for hydroxylation is 2. The quantitative estimate of drug-likeness (QED) is 0.407. The number of nitrogens with one attached hydrogen (secondary N) is 1. The molecule has 0 aliphatic carbocycles. The Morgan fingerprint density at radius 1 is 1.28 bits per heavy atom. The van der Waals surface area contributed by atoms with Crippen molar-refractivity contribution in [2.45, 2.75) is 26.3 Å². The van der Waals surface area contributed by atoms with Crippen molar-refractivity contribution in [1.82, 2.24) is 20.2 Å². The van der Waals surface area contributed by atoms with E-state index in [9.17, 15) is 0 Å². The van der Waals surface area contributed by atoms with Crippen molar-refractivity contribution < 1.29 is 0 Å². The van der Waals surface area contributed by atoms with E-state index in [0.29, 0.717) is 0 Å². The molecule has 132 valence electrons. The number of nitrogens with zero attached hydrogens (tertiary/aromatic N) is 4. The zero-order chi connectivity index (χ0) is 17.6. The first-order valence-corrected chi connectivity index (χ1v) is 10.0. The average Bonchev–Trinajstić information content (AvgIpc) is 3.20.